The van der Waals surface area contributed by atoms with Crippen LogP contribution in [0, 0.1) is 13.8 Å². The molecule has 10 heteroatoms. The molecule has 3 aromatic heterocycles. The zero-order valence-electron chi connectivity index (χ0n) is 19.4. The highest BCUT2D eigenvalue weighted by atomic mass is 35.5. The monoisotopic (exact) mass is 494 g/mol. The number of pyridine rings is 1. The molecule has 9 nitrogen and oxygen atoms in total. The second-order valence-corrected chi connectivity index (χ2v) is 8.99. The summed E-state index contributed by atoms with van der Waals surface area (Å²) >= 11 is 5.89. The van der Waals surface area contributed by atoms with Gasteiger partial charge in [-0.15, -0.1) is 0 Å². The second-order valence-electron chi connectivity index (χ2n) is 8.60. The van der Waals surface area contributed by atoms with Gasteiger partial charge in [-0.05, 0) is 44.5 Å². The molecule has 1 aromatic carbocycles. The molecule has 1 aliphatic rings. The molecule has 1 atom stereocenters. The Morgan fingerprint density at radius 3 is 2.86 bits per heavy atom. The average Bonchev–Trinajstić information content (AvgIpc) is 3.26. The van der Waals surface area contributed by atoms with E-state index in [0.717, 1.165) is 16.8 Å². The standard InChI is InChI=1S/C25H23ClN4O5/c1-12-8-15(14(3)28-18-4-5-20(26)29-21(18)25(32)33)24-16(9-12)22(31)13(2)23(35-24)17-10-27-30-6-7-34-11-19(17)30/h4-5,8-10,14,28H,6-7,11H2,1-3H3,(H,32,33). The molecule has 0 saturated heterocycles. The third-order valence-corrected chi connectivity index (χ3v) is 6.38. The lowest BCUT2D eigenvalue weighted by Gasteiger charge is -2.20. The fraction of sp³-hybridized carbons (Fsp3) is 0.280. The number of carbonyl (C=O) groups is 1. The number of carboxylic acid groups (broad SMARTS) is 1. The molecule has 5 rings (SSSR count). The number of halogens is 1. The summed E-state index contributed by atoms with van der Waals surface area (Å²) in [5.74, 6) is -0.750. The number of hydrogen-bond donors (Lipinski definition) is 2. The van der Waals surface area contributed by atoms with Crippen LogP contribution in [0.15, 0.2) is 39.7 Å². The molecule has 0 saturated carbocycles. The summed E-state index contributed by atoms with van der Waals surface area (Å²) in [7, 11) is 0. The van der Waals surface area contributed by atoms with Gasteiger partial charge in [-0.3, -0.25) is 9.48 Å². The average molecular weight is 495 g/mol. The van der Waals surface area contributed by atoms with Crippen molar-refractivity contribution in [2.75, 3.05) is 11.9 Å². The van der Waals surface area contributed by atoms with E-state index in [-0.39, 0.29) is 16.3 Å². The molecule has 180 valence electrons. The molecule has 0 radical (unpaired) electrons. The smallest absolute Gasteiger partial charge is 0.356 e. The van der Waals surface area contributed by atoms with Gasteiger partial charge in [-0.1, -0.05) is 17.7 Å². The van der Waals surface area contributed by atoms with E-state index >= 15 is 0 Å². The van der Waals surface area contributed by atoms with Crippen LogP contribution >= 0.6 is 11.6 Å². The first-order valence-corrected chi connectivity index (χ1v) is 11.5. The summed E-state index contributed by atoms with van der Waals surface area (Å²) < 4.78 is 13.9. The van der Waals surface area contributed by atoms with Crippen molar-refractivity contribution in [2.24, 2.45) is 0 Å². The molecule has 1 aliphatic heterocycles. The number of anilines is 1. The van der Waals surface area contributed by atoms with Crippen molar-refractivity contribution in [3.8, 4) is 11.3 Å². The number of fused-ring (bicyclic) bond motifs is 2. The van der Waals surface area contributed by atoms with Crippen molar-refractivity contribution in [3.05, 3.63) is 73.9 Å². The van der Waals surface area contributed by atoms with Gasteiger partial charge in [0.2, 0.25) is 0 Å². The maximum Gasteiger partial charge on any atom is 0.356 e. The highest BCUT2D eigenvalue weighted by Gasteiger charge is 2.24. The molecule has 0 amide bonds. The molecular weight excluding hydrogens is 472 g/mol. The maximum absolute atomic E-state index is 13.4. The summed E-state index contributed by atoms with van der Waals surface area (Å²) in [5.41, 5.74) is 4.08. The number of benzene rings is 1. The van der Waals surface area contributed by atoms with Crippen LogP contribution in [0.5, 0.6) is 0 Å². The Kier molecular flexibility index (Phi) is 5.82. The normalized spacial score (nSPS) is 14.1. The topological polar surface area (TPSA) is 119 Å². The van der Waals surface area contributed by atoms with Crippen LogP contribution in [-0.2, 0) is 17.9 Å². The van der Waals surface area contributed by atoms with Gasteiger partial charge >= 0.3 is 5.97 Å². The van der Waals surface area contributed by atoms with Crippen molar-refractivity contribution < 1.29 is 19.1 Å². The highest BCUT2D eigenvalue weighted by molar-refractivity contribution is 6.29. The van der Waals surface area contributed by atoms with Crippen molar-refractivity contribution in [3.63, 3.8) is 0 Å². The number of rotatable bonds is 5. The van der Waals surface area contributed by atoms with E-state index in [2.05, 4.69) is 15.4 Å². The van der Waals surface area contributed by atoms with Gasteiger partial charge in [-0.25, -0.2) is 9.78 Å². The van der Waals surface area contributed by atoms with Gasteiger partial charge in [-0.2, -0.15) is 5.10 Å². The number of hydrogen-bond acceptors (Lipinski definition) is 7. The summed E-state index contributed by atoms with van der Waals surface area (Å²) in [5, 5.41) is 17.7. The lowest BCUT2D eigenvalue weighted by atomic mass is 9.98. The number of aryl methyl sites for hydroxylation is 1. The minimum atomic E-state index is -1.20. The predicted octanol–water partition coefficient (Wildman–Crippen LogP) is 4.72. The molecule has 0 aliphatic carbocycles. The summed E-state index contributed by atoms with van der Waals surface area (Å²) in [6, 6.07) is 6.39. The molecule has 0 bridgehead atoms. The van der Waals surface area contributed by atoms with Crippen molar-refractivity contribution in [1.29, 1.82) is 0 Å². The largest absolute Gasteiger partial charge is 0.476 e. The van der Waals surface area contributed by atoms with Gasteiger partial charge in [0.1, 0.15) is 16.5 Å². The maximum atomic E-state index is 13.4. The fourth-order valence-corrected chi connectivity index (χ4v) is 4.58. The first kappa shape index (κ1) is 23.1. The number of aromatic carboxylic acids is 1. The third-order valence-electron chi connectivity index (χ3n) is 6.17. The number of carboxylic acids is 1. The van der Waals surface area contributed by atoms with E-state index in [0.29, 0.717) is 53.3 Å². The summed E-state index contributed by atoms with van der Waals surface area (Å²) in [6.07, 6.45) is 1.70. The van der Waals surface area contributed by atoms with E-state index in [1.807, 2.05) is 24.6 Å². The Balaban J connectivity index is 1.66. The van der Waals surface area contributed by atoms with E-state index < -0.39 is 12.0 Å². The molecule has 0 fully saturated rings. The highest BCUT2D eigenvalue weighted by Crippen LogP contribution is 2.34. The Hall–Kier alpha value is -3.69. The zero-order chi connectivity index (χ0) is 24.9. The van der Waals surface area contributed by atoms with Crippen LogP contribution in [0.4, 0.5) is 5.69 Å². The Labute approximate surface area is 205 Å². The van der Waals surface area contributed by atoms with Gasteiger partial charge in [0.15, 0.2) is 11.1 Å². The summed E-state index contributed by atoms with van der Waals surface area (Å²) in [4.78, 5) is 29.1. The van der Waals surface area contributed by atoms with E-state index in [9.17, 15) is 14.7 Å². The number of nitrogens with zero attached hydrogens (tertiary/aromatic N) is 3. The molecule has 4 aromatic rings. The molecule has 2 N–H and O–H groups in total. The Morgan fingerprint density at radius 2 is 2.09 bits per heavy atom. The summed E-state index contributed by atoms with van der Waals surface area (Å²) in [6.45, 7) is 7.12. The van der Waals surface area contributed by atoms with Crippen LogP contribution in [0.2, 0.25) is 5.15 Å². The van der Waals surface area contributed by atoms with Crippen LogP contribution in [0.3, 0.4) is 0 Å². The van der Waals surface area contributed by atoms with Gasteiger partial charge in [0.25, 0.3) is 0 Å². The van der Waals surface area contributed by atoms with Crippen LogP contribution in [0.1, 0.15) is 45.8 Å². The quantitative estimate of drug-likeness (QED) is 0.382. The SMILES string of the molecule is Cc1cc(C(C)Nc2ccc(Cl)nc2C(=O)O)c2oc(-c3cnn4c3COCC4)c(C)c(=O)c2c1. The van der Waals surface area contributed by atoms with Crippen LogP contribution in [0.25, 0.3) is 22.3 Å². The molecule has 0 spiro atoms. The zero-order valence-corrected chi connectivity index (χ0v) is 20.1. The van der Waals surface area contributed by atoms with E-state index in [1.165, 1.54) is 6.07 Å². The predicted molar refractivity (Wildman–Crippen MR) is 131 cm³/mol. The Morgan fingerprint density at radius 1 is 1.29 bits per heavy atom. The van der Waals surface area contributed by atoms with Gasteiger partial charge in [0.05, 0.1) is 54.3 Å². The minimum Gasteiger partial charge on any atom is -0.476 e. The van der Waals surface area contributed by atoms with Gasteiger partial charge in [0, 0.05) is 11.1 Å². The van der Waals surface area contributed by atoms with E-state index in [4.69, 9.17) is 20.8 Å². The first-order chi connectivity index (χ1) is 16.7. The molecular formula is C25H23ClN4O5. The molecule has 1 unspecified atom stereocenters. The van der Waals surface area contributed by atoms with Crippen LogP contribution < -0.4 is 10.7 Å². The lowest BCUT2D eigenvalue weighted by molar-refractivity contribution is 0.0691. The second kappa shape index (κ2) is 8.83. The van der Waals surface area contributed by atoms with Crippen molar-refractivity contribution in [2.45, 2.75) is 40.0 Å². The third kappa shape index (κ3) is 4.06. The fourth-order valence-electron chi connectivity index (χ4n) is 4.44. The van der Waals surface area contributed by atoms with Crippen molar-refractivity contribution >= 4 is 34.2 Å². The van der Waals surface area contributed by atoms with Crippen molar-refractivity contribution in [1.82, 2.24) is 14.8 Å². The minimum absolute atomic E-state index is 0.0845. The lowest BCUT2D eigenvalue weighted by Crippen LogP contribution is -2.18. The molecule has 4 heterocycles. The number of aromatic nitrogens is 3. The van der Waals surface area contributed by atoms with Crippen LogP contribution in [-0.4, -0.2) is 32.4 Å². The van der Waals surface area contributed by atoms with E-state index in [1.54, 1.807) is 25.3 Å². The van der Waals surface area contributed by atoms with Gasteiger partial charge < -0.3 is 19.6 Å². The number of ether oxygens (including phenoxy) is 1. The Bertz CT molecular complexity index is 1540. The number of nitrogens with one attached hydrogen (secondary N) is 1. The first-order valence-electron chi connectivity index (χ1n) is 11.1. The molecule has 35 heavy (non-hydrogen) atoms.